The molecule has 0 N–H and O–H groups in total. The van der Waals surface area contributed by atoms with E-state index in [4.69, 9.17) is 4.74 Å². The minimum atomic E-state index is -0.921. The van der Waals surface area contributed by atoms with Crippen molar-refractivity contribution >= 4 is 63.5 Å². The molecule has 2 aromatic carbocycles. The van der Waals surface area contributed by atoms with Gasteiger partial charge in [-0.1, -0.05) is 23.5 Å². The highest BCUT2D eigenvalue weighted by Gasteiger charge is 2.40. The lowest BCUT2D eigenvalue weighted by Gasteiger charge is -2.09. The van der Waals surface area contributed by atoms with Crippen molar-refractivity contribution in [2.24, 2.45) is 0 Å². The molecule has 1 aliphatic heterocycles. The van der Waals surface area contributed by atoms with Crippen LogP contribution in [0.2, 0.25) is 0 Å². The van der Waals surface area contributed by atoms with Gasteiger partial charge in [0.15, 0.2) is 0 Å². The Morgan fingerprint density at radius 2 is 1.38 bits per heavy atom. The molecule has 14 heteroatoms. The summed E-state index contributed by atoms with van der Waals surface area (Å²) < 4.78 is 5.45. The van der Waals surface area contributed by atoms with Crippen LogP contribution in [0.4, 0.5) is 17.1 Å². The van der Waals surface area contributed by atoms with E-state index in [0.717, 1.165) is 29.0 Å². The summed E-state index contributed by atoms with van der Waals surface area (Å²) in [6, 6.07) is 4.25. The van der Waals surface area contributed by atoms with Gasteiger partial charge in [0, 0.05) is 55.5 Å². The standard InChI is InChI=1S/C20H9N3O8S3/c1-31-19(24)12-4-8(21(25)26)2-10-16(12)18-11(3-9(22(27)28)5-13(18)23(29)30)17(10)20-33-14-6-32-7-15(14)34-20/h2-7H,1H3. The summed E-state index contributed by atoms with van der Waals surface area (Å²) in [6.07, 6.45) is 0. The quantitative estimate of drug-likeness (QED) is 0.183. The second-order valence-corrected chi connectivity index (χ2v) is 10.1. The number of carbonyl (C=O) groups is 1. The summed E-state index contributed by atoms with van der Waals surface area (Å²) in [5, 5.41) is 39.0. The van der Waals surface area contributed by atoms with E-state index >= 15 is 0 Å². The molecule has 0 spiro atoms. The van der Waals surface area contributed by atoms with Crippen molar-refractivity contribution in [3.63, 3.8) is 0 Å². The average Bonchev–Trinajstić information content (AvgIpc) is 3.48. The second kappa shape index (κ2) is 7.93. The van der Waals surface area contributed by atoms with Gasteiger partial charge in [0.05, 0.1) is 43.3 Å². The molecule has 170 valence electrons. The van der Waals surface area contributed by atoms with E-state index in [9.17, 15) is 35.1 Å². The lowest BCUT2D eigenvalue weighted by Crippen LogP contribution is -2.06. The van der Waals surface area contributed by atoms with Crippen LogP contribution in [0.25, 0.3) is 16.7 Å². The molecular formula is C20H9N3O8S3. The molecule has 3 aromatic rings. The number of fused-ring (bicyclic) bond motifs is 4. The molecular weight excluding hydrogens is 506 g/mol. The number of thiophene rings is 1. The Morgan fingerprint density at radius 3 is 1.91 bits per heavy atom. The third-order valence-electron chi connectivity index (χ3n) is 5.24. The number of benzene rings is 2. The first-order valence-corrected chi connectivity index (χ1v) is 11.8. The Balaban J connectivity index is 1.94. The first-order chi connectivity index (χ1) is 16.2. The van der Waals surface area contributed by atoms with Crippen molar-refractivity contribution in [3.05, 3.63) is 86.3 Å². The monoisotopic (exact) mass is 515 g/mol. The van der Waals surface area contributed by atoms with Crippen LogP contribution in [-0.4, -0.2) is 27.8 Å². The molecule has 5 rings (SSSR count). The van der Waals surface area contributed by atoms with Crippen molar-refractivity contribution in [2.75, 3.05) is 7.11 Å². The number of carbonyl (C=O) groups excluding carboxylic acids is 1. The molecule has 0 saturated heterocycles. The molecule has 34 heavy (non-hydrogen) atoms. The van der Waals surface area contributed by atoms with Crippen LogP contribution < -0.4 is 0 Å². The summed E-state index contributed by atoms with van der Waals surface area (Å²) in [5.74, 6) is -0.921. The van der Waals surface area contributed by atoms with E-state index < -0.39 is 37.8 Å². The largest absolute Gasteiger partial charge is 0.465 e. The Bertz CT molecular complexity index is 1490. The van der Waals surface area contributed by atoms with Crippen molar-refractivity contribution in [3.8, 4) is 11.1 Å². The van der Waals surface area contributed by atoms with E-state index in [0.29, 0.717) is 9.81 Å². The van der Waals surface area contributed by atoms with Crippen LogP contribution in [0.3, 0.4) is 0 Å². The Labute approximate surface area is 201 Å². The van der Waals surface area contributed by atoms with Crippen LogP contribution in [0.5, 0.6) is 0 Å². The number of non-ortho nitro benzene ring substituents is 2. The maximum atomic E-state index is 12.6. The van der Waals surface area contributed by atoms with Crippen molar-refractivity contribution in [1.29, 1.82) is 0 Å². The zero-order valence-corrected chi connectivity index (χ0v) is 19.2. The van der Waals surface area contributed by atoms with Crippen LogP contribution in [0.1, 0.15) is 21.5 Å². The fourth-order valence-corrected chi connectivity index (χ4v) is 7.66. The first-order valence-electron chi connectivity index (χ1n) is 9.26. The van der Waals surface area contributed by atoms with Gasteiger partial charge in [0.2, 0.25) is 0 Å². The third kappa shape index (κ3) is 3.26. The first kappa shape index (κ1) is 22.1. The number of esters is 1. The zero-order valence-electron chi connectivity index (χ0n) is 16.8. The second-order valence-electron chi connectivity index (χ2n) is 7.03. The molecule has 0 bridgehead atoms. The van der Waals surface area contributed by atoms with Gasteiger partial charge < -0.3 is 4.74 Å². The average molecular weight is 516 g/mol. The van der Waals surface area contributed by atoms with E-state index in [1.807, 2.05) is 10.8 Å². The smallest absolute Gasteiger partial charge is 0.338 e. The molecule has 2 aliphatic rings. The van der Waals surface area contributed by atoms with E-state index in [1.54, 1.807) is 0 Å². The number of thioether (sulfide) groups is 2. The number of hydrogen-bond donors (Lipinski definition) is 0. The molecule has 0 radical (unpaired) electrons. The van der Waals surface area contributed by atoms with Gasteiger partial charge in [0.25, 0.3) is 17.1 Å². The fraction of sp³-hybridized carbons (Fsp3) is 0.0500. The van der Waals surface area contributed by atoms with Crippen molar-refractivity contribution in [1.82, 2.24) is 0 Å². The number of nitrogens with zero attached hydrogens (tertiary/aromatic N) is 3. The number of hydrogen-bond acceptors (Lipinski definition) is 11. The molecule has 0 saturated carbocycles. The molecule has 1 aliphatic carbocycles. The van der Waals surface area contributed by atoms with Gasteiger partial charge in [-0.2, -0.15) is 11.3 Å². The highest BCUT2D eigenvalue weighted by atomic mass is 32.2. The molecule has 0 unspecified atom stereocenters. The fourth-order valence-electron chi connectivity index (χ4n) is 3.90. The Hall–Kier alpha value is -3.75. The molecule has 1 aromatic heterocycles. The summed E-state index contributed by atoms with van der Waals surface area (Å²) >= 11 is 4.21. The molecule has 0 fully saturated rings. The number of methoxy groups -OCH3 is 1. The zero-order chi connectivity index (χ0) is 24.3. The highest BCUT2D eigenvalue weighted by Crippen LogP contribution is 2.61. The third-order valence-corrected chi connectivity index (χ3v) is 8.81. The Kier molecular flexibility index (Phi) is 5.15. The van der Waals surface area contributed by atoms with Crippen LogP contribution in [0, 0.1) is 30.3 Å². The molecule has 2 heterocycles. The minimum Gasteiger partial charge on any atom is -0.465 e. The van der Waals surface area contributed by atoms with Crippen molar-refractivity contribution < 1.29 is 24.3 Å². The van der Waals surface area contributed by atoms with Gasteiger partial charge in [-0.05, 0) is 5.56 Å². The SMILES string of the molecule is COC(=O)c1cc([N+](=O)[O-])cc2c1-c1c(cc([N+](=O)[O-])cc1[N+](=O)[O-])C2=C1Sc2cscc2S1. The normalized spacial score (nSPS) is 13.3. The summed E-state index contributed by atoms with van der Waals surface area (Å²) in [4.78, 5) is 47.5. The maximum absolute atomic E-state index is 12.6. The van der Waals surface area contributed by atoms with Gasteiger partial charge in [-0.25, -0.2) is 4.79 Å². The van der Waals surface area contributed by atoms with E-state index in [1.165, 1.54) is 47.0 Å². The lowest BCUT2D eigenvalue weighted by molar-refractivity contribution is -0.393. The highest BCUT2D eigenvalue weighted by molar-refractivity contribution is 8.25. The van der Waals surface area contributed by atoms with Crippen molar-refractivity contribution in [2.45, 2.75) is 9.79 Å². The van der Waals surface area contributed by atoms with Gasteiger partial charge >= 0.3 is 5.97 Å². The van der Waals surface area contributed by atoms with Crippen LogP contribution >= 0.6 is 34.9 Å². The Morgan fingerprint density at radius 1 is 0.824 bits per heavy atom. The minimum absolute atomic E-state index is 0.0148. The molecule has 0 atom stereocenters. The van der Waals surface area contributed by atoms with Gasteiger partial charge in [-0.15, -0.1) is 0 Å². The predicted octanol–water partition coefficient (Wildman–Crippen LogP) is 5.85. The summed E-state index contributed by atoms with van der Waals surface area (Å²) in [7, 11) is 1.09. The maximum Gasteiger partial charge on any atom is 0.338 e. The number of rotatable bonds is 4. The topological polar surface area (TPSA) is 156 Å². The number of nitro benzene ring substituents is 3. The van der Waals surface area contributed by atoms with Gasteiger partial charge in [0.1, 0.15) is 0 Å². The predicted molar refractivity (Wildman–Crippen MR) is 125 cm³/mol. The van der Waals surface area contributed by atoms with E-state index in [2.05, 4.69) is 0 Å². The van der Waals surface area contributed by atoms with Gasteiger partial charge in [-0.3, -0.25) is 30.3 Å². The van der Waals surface area contributed by atoms with Crippen LogP contribution in [0.15, 0.2) is 49.1 Å². The molecule has 0 amide bonds. The van der Waals surface area contributed by atoms with E-state index in [-0.39, 0.29) is 27.8 Å². The molecule has 11 nitrogen and oxygen atoms in total. The lowest BCUT2D eigenvalue weighted by atomic mass is 9.97. The summed E-state index contributed by atoms with van der Waals surface area (Å²) in [5.41, 5.74) is -0.947. The number of nitro groups is 3. The summed E-state index contributed by atoms with van der Waals surface area (Å²) in [6.45, 7) is 0. The van der Waals surface area contributed by atoms with Crippen LogP contribution in [-0.2, 0) is 4.74 Å². The number of ether oxygens (including phenoxy) is 1.